The molecule has 0 fully saturated rings. The van der Waals surface area contributed by atoms with E-state index in [1.54, 1.807) is 40.3 Å². The van der Waals surface area contributed by atoms with Gasteiger partial charge in [-0.15, -0.1) is 11.3 Å². The Morgan fingerprint density at radius 1 is 1.00 bits per heavy atom. The standard InChI is InChI=1S/C20H15FN2O2S/c1-13-4-2-3-5-16(13)23-19(24)18-17(10-11-26-18)22(20(23)25)12-14-6-8-15(21)9-7-14/h2-11H,12H2,1H3. The van der Waals surface area contributed by atoms with Crippen LogP contribution in [0.1, 0.15) is 11.1 Å². The fraction of sp³-hybridized carbons (Fsp3) is 0.100. The average molecular weight is 366 g/mol. The second-order valence-corrected chi connectivity index (χ2v) is 6.97. The molecule has 0 aliphatic heterocycles. The minimum atomic E-state index is -0.403. The molecule has 0 atom stereocenters. The van der Waals surface area contributed by atoms with E-state index >= 15 is 0 Å². The number of nitrogens with zero attached hydrogens (tertiary/aromatic N) is 2. The molecular formula is C20H15FN2O2S. The van der Waals surface area contributed by atoms with Gasteiger partial charge in [0.05, 0.1) is 17.7 Å². The number of hydrogen-bond acceptors (Lipinski definition) is 3. The van der Waals surface area contributed by atoms with Gasteiger partial charge in [-0.2, -0.15) is 0 Å². The van der Waals surface area contributed by atoms with E-state index in [9.17, 15) is 14.0 Å². The zero-order valence-electron chi connectivity index (χ0n) is 14.0. The quantitative estimate of drug-likeness (QED) is 0.555. The largest absolute Gasteiger partial charge is 0.336 e. The van der Waals surface area contributed by atoms with Gasteiger partial charge >= 0.3 is 5.69 Å². The van der Waals surface area contributed by atoms with Gasteiger partial charge in [0.1, 0.15) is 10.5 Å². The fourth-order valence-corrected chi connectivity index (χ4v) is 3.86. The van der Waals surface area contributed by atoms with Gasteiger partial charge in [0.15, 0.2) is 0 Å². The average Bonchev–Trinajstić information content (AvgIpc) is 3.12. The molecule has 4 aromatic rings. The van der Waals surface area contributed by atoms with Crippen LogP contribution < -0.4 is 11.2 Å². The minimum absolute atomic E-state index is 0.262. The molecule has 0 N–H and O–H groups in total. The summed E-state index contributed by atoms with van der Waals surface area (Å²) in [6, 6.07) is 15.1. The Balaban J connectivity index is 2.00. The molecule has 0 bridgehead atoms. The Bertz CT molecular complexity index is 1220. The van der Waals surface area contributed by atoms with Crippen molar-refractivity contribution in [2.75, 3.05) is 0 Å². The second-order valence-electron chi connectivity index (χ2n) is 6.06. The maximum absolute atomic E-state index is 13.2. The van der Waals surface area contributed by atoms with E-state index in [-0.39, 0.29) is 17.9 Å². The number of rotatable bonds is 3. The predicted molar refractivity (Wildman–Crippen MR) is 102 cm³/mol. The van der Waals surface area contributed by atoms with Crippen LogP contribution >= 0.6 is 11.3 Å². The molecule has 130 valence electrons. The van der Waals surface area contributed by atoms with Crippen LogP contribution in [0.2, 0.25) is 0 Å². The third-order valence-corrected chi connectivity index (χ3v) is 5.26. The Kier molecular flexibility index (Phi) is 4.05. The van der Waals surface area contributed by atoms with E-state index in [2.05, 4.69) is 0 Å². The van der Waals surface area contributed by atoms with E-state index in [1.807, 2.05) is 19.1 Å². The first kappa shape index (κ1) is 16.5. The van der Waals surface area contributed by atoms with Crippen LogP contribution in [0.25, 0.3) is 15.9 Å². The Labute approximate surface area is 152 Å². The summed E-state index contributed by atoms with van der Waals surface area (Å²) < 4.78 is 16.5. The normalized spacial score (nSPS) is 11.2. The van der Waals surface area contributed by atoms with Gasteiger partial charge in [0, 0.05) is 0 Å². The van der Waals surface area contributed by atoms with Gasteiger partial charge in [-0.25, -0.2) is 13.8 Å². The molecule has 2 heterocycles. The molecule has 0 unspecified atom stereocenters. The third kappa shape index (κ3) is 2.68. The van der Waals surface area contributed by atoms with Crippen molar-refractivity contribution >= 4 is 21.6 Å². The SMILES string of the molecule is Cc1ccccc1-n1c(=O)c2sccc2n(Cc2ccc(F)cc2)c1=O. The van der Waals surface area contributed by atoms with Gasteiger partial charge in [-0.1, -0.05) is 30.3 Å². The number of para-hydroxylation sites is 1. The molecule has 0 saturated heterocycles. The number of aromatic nitrogens is 2. The first-order valence-electron chi connectivity index (χ1n) is 8.10. The Morgan fingerprint density at radius 2 is 1.73 bits per heavy atom. The van der Waals surface area contributed by atoms with Crippen LogP contribution in [0.3, 0.4) is 0 Å². The zero-order valence-corrected chi connectivity index (χ0v) is 14.8. The second kappa shape index (κ2) is 6.38. The number of aryl methyl sites for hydroxylation is 1. The van der Waals surface area contributed by atoms with E-state index in [4.69, 9.17) is 0 Å². The summed E-state index contributed by atoms with van der Waals surface area (Å²) in [5.74, 6) is -0.327. The fourth-order valence-electron chi connectivity index (χ4n) is 3.04. The molecule has 0 aliphatic carbocycles. The van der Waals surface area contributed by atoms with E-state index < -0.39 is 5.69 Å². The number of benzene rings is 2. The van der Waals surface area contributed by atoms with Crippen molar-refractivity contribution < 1.29 is 4.39 Å². The van der Waals surface area contributed by atoms with E-state index in [0.29, 0.717) is 15.9 Å². The Hall–Kier alpha value is -2.99. The van der Waals surface area contributed by atoms with Crippen LogP contribution in [0.4, 0.5) is 4.39 Å². The summed E-state index contributed by atoms with van der Waals surface area (Å²) >= 11 is 1.31. The molecule has 0 aliphatic rings. The molecule has 2 aromatic heterocycles. The number of halogens is 1. The maximum atomic E-state index is 13.2. The highest BCUT2D eigenvalue weighted by atomic mass is 32.1. The highest BCUT2D eigenvalue weighted by Gasteiger charge is 2.16. The molecule has 6 heteroatoms. The van der Waals surface area contributed by atoms with Crippen LogP contribution in [0, 0.1) is 12.7 Å². The molecule has 0 saturated carbocycles. The number of fused-ring (bicyclic) bond motifs is 1. The molecule has 4 rings (SSSR count). The highest BCUT2D eigenvalue weighted by Crippen LogP contribution is 2.18. The summed E-state index contributed by atoms with van der Waals surface area (Å²) in [6.07, 6.45) is 0. The van der Waals surface area contributed by atoms with Gasteiger partial charge in [0.2, 0.25) is 0 Å². The van der Waals surface area contributed by atoms with Crippen LogP contribution in [0.5, 0.6) is 0 Å². The molecule has 0 spiro atoms. The molecule has 0 amide bonds. The van der Waals surface area contributed by atoms with Gasteiger partial charge in [-0.05, 0) is 47.7 Å². The van der Waals surface area contributed by atoms with Crippen molar-refractivity contribution in [1.29, 1.82) is 0 Å². The molecule has 4 nitrogen and oxygen atoms in total. The molecule has 0 radical (unpaired) electrons. The van der Waals surface area contributed by atoms with Crippen molar-refractivity contribution in [1.82, 2.24) is 9.13 Å². The minimum Gasteiger partial charge on any atom is -0.288 e. The summed E-state index contributed by atoms with van der Waals surface area (Å²) in [6.45, 7) is 2.13. The first-order valence-corrected chi connectivity index (χ1v) is 8.98. The summed E-state index contributed by atoms with van der Waals surface area (Å²) in [5.41, 5.74) is 2.08. The van der Waals surface area contributed by atoms with Crippen molar-refractivity contribution in [2.24, 2.45) is 0 Å². The lowest BCUT2D eigenvalue weighted by atomic mass is 10.2. The van der Waals surface area contributed by atoms with Crippen LogP contribution in [-0.2, 0) is 6.54 Å². The van der Waals surface area contributed by atoms with Crippen LogP contribution in [0.15, 0.2) is 69.6 Å². The monoisotopic (exact) mass is 366 g/mol. The summed E-state index contributed by atoms with van der Waals surface area (Å²) in [7, 11) is 0. The van der Waals surface area contributed by atoms with Gasteiger partial charge in [0.25, 0.3) is 5.56 Å². The smallest absolute Gasteiger partial charge is 0.288 e. The van der Waals surface area contributed by atoms with Crippen molar-refractivity contribution in [3.05, 3.63) is 97.8 Å². The van der Waals surface area contributed by atoms with Crippen molar-refractivity contribution in [2.45, 2.75) is 13.5 Å². The number of hydrogen-bond donors (Lipinski definition) is 0. The predicted octanol–water partition coefficient (Wildman–Crippen LogP) is 3.71. The summed E-state index contributed by atoms with van der Waals surface area (Å²) in [5, 5.41) is 1.80. The highest BCUT2D eigenvalue weighted by molar-refractivity contribution is 7.17. The van der Waals surface area contributed by atoms with Crippen molar-refractivity contribution in [3.8, 4) is 5.69 Å². The topological polar surface area (TPSA) is 44.0 Å². The maximum Gasteiger partial charge on any atom is 0.336 e. The third-order valence-electron chi connectivity index (χ3n) is 4.37. The molecular weight excluding hydrogens is 351 g/mol. The zero-order chi connectivity index (χ0) is 18.3. The number of thiophene rings is 1. The van der Waals surface area contributed by atoms with E-state index in [1.165, 1.54) is 28.0 Å². The summed E-state index contributed by atoms with van der Waals surface area (Å²) in [4.78, 5) is 26.1. The van der Waals surface area contributed by atoms with E-state index in [0.717, 1.165) is 11.1 Å². The van der Waals surface area contributed by atoms with Crippen molar-refractivity contribution in [3.63, 3.8) is 0 Å². The van der Waals surface area contributed by atoms with Gasteiger partial charge < -0.3 is 0 Å². The lowest BCUT2D eigenvalue weighted by Gasteiger charge is -2.13. The van der Waals surface area contributed by atoms with Gasteiger partial charge in [-0.3, -0.25) is 9.36 Å². The first-order chi connectivity index (χ1) is 12.6. The molecule has 26 heavy (non-hydrogen) atoms. The lowest BCUT2D eigenvalue weighted by molar-refractivity contribution is 0.625. The van der Waals surface area contributed by atoms with Crippen LogP contribution in [-0.4, -0.2) is 9.13 Å². The Morgan fingerprint density at radius 3 is 2.46 bits per heavy atom. The lowest BCUT2D eigenvalue weighted by Crippen LogP contribution is -2.39. The molecule has 2 aromatic carbocycles.